The number of nitrogens with zero attached hydrogens (tertiary/aromatic N) is 3. The number of aryl methyl sites for hydroxylation is 1. The van der Waals surface area contributed by atoms with E-state index in [1.807, 2.05) is 6.92 Å². The van der Waals surface area contributed by atoms with E-state index < -0.39 is 0 Å². The maximum atomic E-state index is 14.2. The van der Waals surface area contributed by atoms with Crippen molar-refractivity contribution in [3.63, 3.8) is 0 Å². The first-order valence-corrected chi connectivity index (χ1v) is 11.2. The van der Waals surface area contributed by atoms with Gasteiger partial charge in [-0.2, -0.15) is 5.10 Å². The van der Waals surface area contributed by atoms with Crippen LogP contribution in [0.2, 0.25) is 0 Å². The molecule has 3 heterocycles. The molecule has 8 heteroatoms. The van der Waals surface area contributed by atoms with Gasteiger partial charge in [0, 0.05) is 25.8 Å². The number of carbonyl (C=O) groups is 1. The van der Waals surface area contributed by atoms with Crippen LogP contribution in [0.1, 0.15) is 37.8 Å². The van der Waals surface area contributed by atoms with Crippen LogP contribution >= 0.6 is 0 Å². The smallest absolute Gasteiger partial charge is 0.239 e. The van der Waals surface area contributed by atoms with Crippen molar-refractivity contribution >= 4 is 11.7 Å². The number of amides is 1. The molecule has 0 bridgehead atoms. The second-order valence-corrected chi connectivity index (χ2v) is 8.38. The Bertz CT molecular complexity index is 873. The number of halogens is 1. The van der Waals surface area contributed by atoms with Gasteiger partial charge in [-0.1, -0.05) is 12.1 Å². The predicted octanol–water partition coefficient (Wildman–Crippen LogP) is 3.31. The molecule has 31 heavy (non-hydrogen) atoms. The van der Waals surface area contributed by atoms with Crippen LogP contribution < -0.4 is 5.32 Å². The van der Waals surface area contributed by atoms with Crippen LogP contribution in [0.4, 0.5) is 10.2 Å². The van der Waals surface area contributed by atoms with Gasteiger partial charge in [0.1, 0.15) is 17.3 Å². The van der Waals surface area contributed by atoms with Crippen molar-refractivity contribution in [2.75, 3.05) is 38.2 Å². The number of nitrogens with one attached hydrogen (secondary N) is 1. The number of carbonyl (C=O) groups excluding carboxylic acids is 1. The molecule has 1 amide bonds. The Morgan fingerprint density at radius 3 is 2.81 bits per heavy atom. The number of para-hydroxylation sites is 1. The molecule has 0 radical (unpaired) electrons. The molecule has 1 N–H and O–H groups in total. The summed E-state index contributed by atoms with van der Waals surface area (Å²) in [7, 11) is 0. The summed E-state index contributed by atoms with van der Waals surface area (Å²) >= 11 is 0. The number of piperidine rings is 1. The van der Waals surface area contributed by atoms with Crippen LogP contribution in [-0.4, -0.2) is 65.6 Å². The van der Waals surface area contributed by atoms with Gasteiger partial charge in [0.2, 0.25) is 5.91 Å². The zero-order valence-corrected chi connectivity index (χ0v) is 18.1. The van der Waals surface area contributed by atoms with Crippen molar-refractivity contribution in [1.29, 1.82) is 0 Å². The average Bonchev–Trinajstić information content (AvgIpc) is 3.14. The van der Waals surface area contributed by atoms with E-state index in [0.717, 1.165) is 45.4 Å². The van der Waals surface area contributed by atoms with E-state index in [2.05, 4.69) is 15.3 Å². The molecule has 2 fully saturated rings. The molecule has 168 valence electrons. The van der Waals surface area contributed by atoms with Gasteiger partial charge in [-0.3, -0.25) is 9.69 Å². The topological polar surface area (TPSA) is 68.6 Å². The number of hydrogen-bond donors (Lipinski definition) is 1. The lowest BCUT2D eigenvalue weighted by atomic mass is 10.1. The summed E-state index contributed by atoms with van der Waals surface area (Å²) in [4.78, 5) is 14.8. The SMILES string of the molecule is Cc1cc(NC(=O)CN2CCC(OCC3CCCCO3)CC2)n(-c2ccccc2F)n1. The highest BCUT2D eigenvalue weighted by atomic mass is 19.1. The number of rotatable bonds is 7. The van der Waals surface area contributed by atoms with Gasteiger partial charge in [-0.15, -0.1) is 0 Å². The zero-order valence-electron chi connectivity index (χ0n) is 18.1. The van der Waals surface area contributed by atoms with E-state index in [-0.39, 0.29) is 23.9 Å². The van der Waals surface area contributed by atoms with E-state index in [9.17, 15) is 9.18 Å². The minimum absolute atomic E-state index is 0.132. The van der Waals surface area contributed by atoms with Gasteiger partial charge < -0.3 is 14.8 Å². The second kappa shape index (κ2) is 10.3. The molecule has 1 aromatic heterocycles. The zero-order chi connectivity index (χ0) is 21.6. The van der Waals surface area contributed by atoms with Crippen LogP contribution in [0.25, 0.3) is 5.69 Å². The summed E-state index contributed by atoms with van der Waals surface area (Å²) in [5.74, 6) is -0.0486. The van der Waals surface area contributed by atoms with Gasteiger partial charge in [0.05, 0.1) is 31.1 Å². The maximum Gasteiger partial charge on any atom is 0.239 e. The first-order chi connectivity index (χ1) is 15.1. The minimum atomic E-state index is -0.387. The van der Waals surface area contributed by atoms with E-state index in [1.165, 1.54) is 17.2 Å². The summed E-state index contributed by atoms with van der Waals surface area (Å²) in [5.41, 5.74) is 1.02. The fourth-order valence-corrected chi connectivity index (χ4v) is 4.20. The molecule has 2 aliphatic heterocycles. The van der Waals surface area contributed by atoms with Crippen molar-refractivity contribution in [2.24, 2.45) is 0 Å². The van der Waals surface area contributed by atoms with E-state index in [1.54, 1.807) is 24.3 Å². The van der Waals surface area contributed by atoms with Crippen LogP contribution in [-0.2, 0) is 14.3 Å². The van der Waals surface area contributed by atoms with Crippen molar-refractivity contribution in [3.8, 4) is 5.69 Å². The lowest BCUT2D eigenvalue weighted by molar-refractivity contribution is -0.118. The normalized spacial score (nSPS) is 20.6. The fraction of sp³-hybridized carbons (Fsp3) is 0.565. The number of aromatic nitrogens is 2. The number of likely N-dealkylation sites (tertiary alicyclic amines) is 1. The molecule has 0 aliphatic carbocycles. The standard InChI is InChI=1S/C23H31FN4O3/c1-17-14-22(28(26-17)21-8-3-2-7-20(21)24)25-23(29)15-27-11-9-18(10-12-27)31-16-19-6-4-5-13-30-19/h2-3,7-8,14,18-19H,4-6,9-13,15-16H2,1H3,(H,25,29). The summed E-state index contributed by atoms with van der Waals surface area (Å²) in [6.07, 6.45) is 5.74. The minimum Gasteiger partial charge on any atom is -0.376 e. The molecule has 0 saturated carbocycles. The quantitative estimate of drug-likeness (QED) is 0.730. The fourth-order valence-electron chi connectivity index (χ4n) is 4.20. The Labute approximate surface area is 182 Å². The lowest BCUT2D eigenvalue weighted by Gasteiger charge is -2.32. The first-order valence-electron chi connectivity index (χ1n) is 11.2. The van der Waals surface area contributed by atoms with Gasteiger partial charge in [0.25, 0.3) is 0 Å². The van der Waals surface area contributed by atoms with Crippen LogP contribution in [0.3, 0.4) is 0 Å². The molecule has 1 aromatic carbocycles. The molecule has 2 saturated heterocycles. The molecule has 4 rings (SSSR count). The first kappa shape index (κ1) is 21.9. The number of anilines is 1. The summed E-state index contributed by atoms with van der Waals surface area (Å²) in [6, 6.07) is 8.14. The molecule has 1 unspecified atom stereocenters. The molecule has 2 aromatic rings. The molecule has 1 atom stereocenters. The highest BCUT2D eigenvalue weighted by molar-refractivity contribution is 5.91. The van der Waals surface area contributed by atoms with Crippen LogP contribution in [0, 0.1) is 12.7 Å². The summed E-state index contributed by atoms with van der Waals surface area (Å²) < 4.78 is 27.4. The largest absolute Gasteiger partial charge is 0.376 e. The van der Waals surface area contributed by atoms with Crippen LogP contribution in [0.15, 0.2) is 30.3 Å². The highest BCUT2D eigenvalue weighted by Gasteiger charge is 2.24. The summed E-state index contributed by atoms with van der Waals surface area (Å²) in [6.45, 7) is 5.25. The average molecular weight is 431 g/mol. The van der Waals surface area contributed by atoms with E-state index >= 15 is 0 Å². The highest BCUT2D eigenvalue weighted by Crippen LogP contribution is 2.21. The molecule has 0 spiro atoms. The van der Waals surface area contributed by atoms with Crippen LogP contribution in [0.5, 0.6) is 0 Å². The summed E-state index contributed by atoms with van der Waals surface area (Å²) in [5, 5.41) is 7.22. The third kappa shape index (κ3) is 5.90. The monoisotopic (exact) mass is 430 g/mol. The molecular weight excluding hydrogens is 399 g/mol. The Kier molecular flexibility index (Phi) is 7.32. The van der Waals surface area contributed by atoms with Crippen molar-refractivity contribution in [2.45, 2.75) is 51.2 Å². The van der Waals surface area contributed by atoms with Gasteiger partial charge in [0.15, 0.2) is 0 Å². The van der Waals surface area contributed by atoms with Crippen molar-refractivity contribution in [1.82, 2.24) is 14.7 Å². The Morgan fingerprint density at radius 2 is 2.06 bits per heavy atom. The predicted molar refractivity (Wildman–Crippen MR) is 116 cm³/mol. The van der Waals surface area contributed by atoms with Crippen molar-refractivity contribution in [3.05, 3.63) is 41.8 Å². The molecule has 2 aliphatic rings. The van der Waals surface area contributed by atoms with E-state index in [4.69, 9.17) is 9.47 Å². The number of hydrogen-bond acceptors (Lipinski definition) is 5. The van der Waals surface area contributed by atoms with E-state index in [0.29, 0.717) is 30.4 Å². The lowest BCUT2D eigenvalue weighted by Crippen LogP contribution is -2.42. The van der Waals surface area contributed by atoms with Gasteiger partial charge >= 0.3 is 0 Å². The number of benzene rings is 1. The Hall–Kier alpha value is -2.29. The van der Waals surface area contributed by atoms with Crippen molar-refractivity contribution < 1.29 is 18.7 Å². The maximum absolute atomic E-state index is 14.2. The molecule has 7 nitrogen and oxygen atoms in total. The molecular formula is C23H31FN4O3. The Balaban J connectivity index is 1.25. The van der Waals surface area contributed by atoms with Gasteiger partial charge in [-0.05, 0) is 51.2 Å². The third-order valence-corrected chi connectivity index (χ3v) is 5.87. The number of ether oxygens (including phenoxy) is 2. The Morgan fingerprint density at radius 1 is 1.26 bits per heavy atom. The third-order valence-electron chi connectivity index (χ3n) is 5.87. The second-order valence-electron chi connectivity index (χ2n) is 8.38. The van der Waals surface area contributed by atoms with Gasteiger partial charge in [-0.25, -0.2) is 9.07 Å².